The van der Waals surface area contributed by atoms with Crippen LogP contribution in [0.3, 0.4) is 0 Å². The summed E-state index contributed by atoms with van der Waals surface area (Å²) in [7, 11) is 0. The van der Waals surface area contributed by atoms with Crippen LogP contribution in [0, 0.1) is 13.8 Å². The molecule has 1 saturated heterocycles. The average Bonchev–Trinajstić information content (AvgIpc) is 3.31. The van der Waals surface area contributed by atoms with Gasteiger partial charge in [0.1, 0.15) is 10.6 Å². The number of Topliss-reactive ketones (excluding diaryl/α,β-unsaturated/α-hetero) is 1. The predicted molar refractivity (Wildman–Crippen MR) is 130 cm³/mol. The molecule has 7 nitrogen and oxygen atoms in total. The minimum atomic E-state index is -0.933. The molecule has 1 unspecified atom stereocenters. The van der Waals surface area contributed by atoms with E-state index in [4.69, 9.17) is 16.3 Å². The largest absolute Gasteiger partial charge is 0.507 e. The van der Waals surface area contributed by atoms with Gasteiger partial charge in [0.25, 0.3) is 5.78 Å². The topological polar surface area (TPSA) is 96.8 Å². The van der Waals surface area contributed by atoms with E-state index in [9.17, 15) is 19.5 Å². The molecule has 1 N–H and O–H groups in total. The number of thiazole rings is 1. The maximum Gasteiger partial charge on any atom is 0.350 e. The van der Waals surface area contributed by atoms with Crippen molar-refractivity contribution in [2.45, 2.75) is 26.8 Å². The number of rotatable bonds is 5. The number of carbonyl (C=O) groups is 3. The number of amides is 1. The van der Waals surface area contributed by atoms with Gasteiger partial charge in [-0.05, 0) is 50.6 Å². The first-order valence-corrected chi connectivity index (χ1v) is 11.7. The van der Waals surface area contributed by atoms with E-state index in [-0.39, 0.29) is 27.9 Å². The van der Waals surface area contributed by atoms with Gasteiger partial charge in [0.15, 0.2) is 5.13 Å². The Bertz CT molecular complexity index is 1310. The Hall–Kier alpha value is -3.49. The SMILES string of the molecule is CCOC(=O)c1sc(N2C(=O)C(=O)C(=C(O)c3ccc(Cl)cc3)C2c2ccc(C)cc2)nc1C. The van der Waals surface area contributed by atoms with Crippen molar-refractivity contribution >= 4 is 51.5 Å². The van der Waals surface area contributed by atoms with Crippen molar-refractivity contribution in [2.24, 2.45) is 0 Å². The molecule has 0 bridgehead atoms. The van der Waals surface area contributed by atoms with Crippen LogP contribution in [-0.2, 0) is 14.3 Å². The molecule has 0 saturated carbocycles. The monoisotopic (exact) mass is 496 g/mol. The zero-order valence-electron chi connectivity index (χ0n) is 18.7. The Balaban J connectivity index is 1.90. The van der Waals surface area contributed by atoms with Gasteiger partial charge in [0.2, 0.25) is 0 Å². The molecule has 0 radical (unpaired) electrons. The summed E-state index contributed by atoms with van der Waals surface area (Å²) in [6.45, 7) is 5.45. The molecule has 1 aromatic heterocycles. The number of aliphatic hydroxyl groups is 1. The lowest BCUT2D eigenvalue weighted by atomic mass is 9.95. The number of hydrogen-bond donors (Lipinski definition) is 1. The maximum atomic E-state index is 13.2. The smallest absolute Gasteiger partial charge is 0.350 e. The number of aromatic nitrogens is 1. The van der Waals surface area contributed by atoms with Gasteiger partial charge in [-0.2, -0.15) is 0 Å². The second-order valence-corrected chi connectivity index (χ2v) is 9.13. The normalized spacial score (nSPS) is 17.3. The fourth-order valence-electron chi connectivity index (χ4n) is 3.73. The zero-order chi connectivity index (χ0) is 24.6. The number of aliphatic hydroxyl groups excluding tert-OH is 1. The molecule has 2 heterocycles. The third kappa shape index (κ3) is 4.22. The summed E-state index contributed by atoms with van der Waals surface area (Å²) >= 11 is 6.93. The molecule has 1 amide bonds. The minimum absolute atomic E-state index is 0.0679. The number of ketones is 1. The molecular formula is C25H21ClN2O5S. The first-order chi connectivity index (χ1) is 16.2. The Morgan fingerprint density at radius 2 is 1.76 bits per heavy atom. The van der Waals surface area contributed by atoms with Crippen LogP contribution in [0.15, 0.2) is 54.1 Å². The molecule has 0 aliphatic carbocycles. The van der Waals surface area contributed by atoms with Gasteiger partial charge >= 0.3 is 11.9 Å². The summed E-state index contributed by atoms with van der Waals surface area (Å²) in [5.74, 6) is -2.55. The molecule has 1 fully saturated rings. The highest BCUT2D eigenvalue weighted by Gasteiger charge is 2.48. The number of aryl methyl sites for hydroxylation is 2. The van der Waals surface area contributed by atoms with Gasteiger partial charge in [0.05, 0.1) is 23.9 Å². The molecule has 1 aliphatic rings. The van der Waals surface area contributed by atoms with Crippen LogP contribution in [0.2, 0.25) is 5.02 Å². The third-order valence-electron chi connectivity index (χ3n) is 5.41. The summed E-state index contributed by atoms with van der Waals surface area (Å²) in [5, 5.41) is 11.8. The number of nitrogens with zero attached hydrogens (tertiary/aromatic N) is 2. The van der Waals surface area contributed by atoms with Crippen LogP contribution >= 0.6 is 22.9 Å². The molecular weight excluding hydrogens is 476 g/mol. The van der Waals surface area contributed by atoms with Crippen LogP contribution in [0.5, 0.6) is 0 Å². The number of anilines is 1. The van der Waals surface area contributed by atoms with Crippen molar-refractivity contribution in [1.82, 2.24) is 4.98 Å². The molecule has 4 rings (SSSR count). The Labute approximate surface area is 205 Å². The fourth-order valence-corrected chi connectivity index (χ4v) is 4.84. The highest BCUT2D eigenvalue weighted by molar-refractivity contribution is 7.17. The van der Waals surface area contributed by atoms with Gasteiger partial charge in [-0.15, -0.1) is 0 Å². The quantitative estimate of drug-likeness (QED) is 0.225. The second-order valence-electron chi connectivity index (χ2n) is 7.72. The van der Waals surface area contributed by atoms with Gasteiger partial charge < -0.3 is 9.84 Å². The lowest BCUT2D eigenvalue weighted by Gasteiger charge is -2.23. The number of ether oxygens (including phenoxy) is 1. The number of benzene rings is 2. The number of hydrogen-bond acceptors (Lipinski definition) is 7. The minimum Gasteiger partial charge on any atom is -0.507 e. The van der Waals surface area contributed by atoms with Crippen molar-refractivity contribution in [2.75, 3.05) is 11.5 Å². The molecule has 2 aromatic carbocycles. The first kappa shape index (κ1) is 23.7. The highest BCUT2D eigenvalue weighted by Crippen LogP contribution is 2.44. The second kappa shape index (κ2) is 9.40. The predicted octanol–water partition coefficient (Wildman–Crippen LogP) is 5.22. The molecule has 174 valence electrons. The van der Waals surface area contributed by atoms with E-state index in [1.165, 1.54) is 4.90 Å². The number of esters is 1. The molecule has 9 heteroatoms. The Kier molecular flexibility index (Phi) is 6.54. The van der Waals surface area contributed by atoms with Gasteiger partial charge in [-0.25, -0.2) is 9.78 Å². The van der Waals surface area contributed by atoms with Crippen LogP contribution < -0.4 is 4.90 Å². The van der Waals surface area contributed by atoms with Gasteiger partial charge in [-0.3, -0.25) is 14.5 Å². The molecule has 1 aliphatic heterocycles. The standard InChI is InChI=1S/C25H21ClN2O5S/c1-4-33-24(32)22-14(3)27-25(34-22)28-19(15-7-5-13(2)6-8-15)18(21(30)23(28)31)20(29)16-9-11-17(26)12-10-16/h5-12,19,29H,4H2,1-3H3. The van der Waals surface area contributed by atoms with Crippen LogP contribution in [0.1, 0.15) is 45.0 Å². The first-order valence-electron chi connectivity index (χ1n) is 10.5. The van der Waals surface area contributed by atoms with Crippen LogP contribution in [-0.4, -0.2) is 34.4 Å². The van der Waals surface area contributed by atoms with E-state index in [2.05, 4.69) is 4.98 Å². The summed E-state index contributed by atoms with van der Waals surface area (Å²) in [4.78, 5) is 44.6. The van der Waals surface area contributed by atoms with E-state index < -0.39 is 23.7 Å². The number of carbonyl (C=O) groups excluding carboxylic acids is 3. The molecule has 0 spiro atoms. The number of halogens is 1. The molecule has 34 heavy (non-hydrogen) atoms. The van der Waals surface area contributed by atoms with E-state index >= 15 is 0 Å². The van der Waals surface area contributed by atoms with Gasteiger partial charge in [0, 0.05) is 10.6 Å². The van der Waals surface area contributed by atoms with Crippen molar-refractivity contribution in [3.8, 4) is 0 Å². The van der Waals surface area contributed by atoms with E-state index in [0.29, 0.717) is 21.8 Å². The third-order valence-corrected chi connectivity index (χ3v) is 6.80. The molecule has 1 atom stereocenters. The Morgan fingerprint density at radius 1 is 1.12 bits per heavy atom. The average molecular weight is 497 g/mol. The zero-order valence-corrected chi connectivity index (χ0v) is 20.2. The van der Waals surface area contributed by atoms with Crippen molar-refractivity contribution < 1.29 is 24.2 Å². The summed E-state index contributed by atoms with van der Waals surface area (Å²) in [6, 6.07) is 12.7. The van der Waals surface area contributed by atoms with E-state index in [0.717, 1.165) is 16.9 Å². The van der Waals surface area contributed by atoms with Crippen LogP contribution in [0.4, 0.5) is 5.13 Å². The summed E-state index contributed by atoms with van der Waals surface area (Å²) in [5.41, 5.74) is 2.28. The summed E-state index contributed by atoms with van der Waals surface area (Å²) < 4.78 is 5.09. The van der Waals surface area contributed by atoms with Crippen molar-refractivity contribution in [3.05, 3.63) is 86.4 Å². The summed E-state index contributed by atoms with van der Waals surface area (Å²) in [6.07, 6.45) is 0. The lowest BCUT2D eigenvalue weighted by molar-refractivity contribution is -0.132. The molecule has 3 aromatic rings. The Morgan fingerprint density at radius 3 is 2.38 bits per heavy atom. The van der Waals surface area contributed by atoms with Crippen LogP contribution in [0.25, 0.3) is 5.76 Å². The van der Waals surface area contributed by atoms with Crippen molar-refractivity contribution in [1.29, 1.82) is 0 Å². The van der Waals surface area contributed by atoms with Gasteiger partial charge in [-0.1, -0.05) is 52.8 Å². The highest BCUT2D eigenvalue weighted by atomic mass is 35.5. The van der Waals surface area contributed by atoms with E-state index in [1.807, 2.05) is 19.1 Å². The lowest BCUT2D eigenvalue weighted by Crippen LogP contribution is -2.29. The van der Waals surface area contributed by atoms with E-state index in [1.54, 1.807) is 50.2 Å². The fraction of sp³-hybridized carbons (Fsp3) is 0.200. The maximum absolute atomic E-state index is 13.2. The van der Waals surface area contributed by atoms with Crippen molar-refractivity contribution in [3.63, 3.8) is 0 Å².